The van der Waals surface area contributed by atoms with Crippen LogP contribution in [0.1, 0.15) is 19.8 Å². The molecule has 0 saturated heterocycles. The number of carboxylic acids is 1. The molecule has 0 spiro atoms. The summed E-state index contributed by atoms with van der Waals surface area (Å²) in [7, 11) is 0. The van der Waals surface area contributed by atoms with Crippen molar-refractivity contribution in [3.8, 4) is 0 Å². The van der Waals surface area contributed by atoms with Gasteiger partial charge in [-0.3, -0.25) is 14.6 Å². The molecule has 1 aromatic heterocycles. The van der Waals surface area contributed by atoms with Gasteiger partial charge in [-0.05, 0) is 19.1 Å². The Morgan fingerprint density at radius 3 is 2.06 bits per heavy atom. The van der Waals surface area contributed by atoms with Gasteiger partial charge in [0, 0.05) is 12.4 Å². The lowest BCUT2D eigenvalue weighted by Gasteiger charge is -1.97. The highest BCUT2D eigenvalue weighted by molar-refractivity contribution is 5.76. The first-order chi connectivity index (χ1) is 7.66. The third-order valence-corrected chi connectivity index (χ3v) is 1.41. The van der Waals surface area contributed by atoms with E-state index in [9.17, 15) is 9.59 Å². The fraction of sp³-hybridized carbons (Fsp3) is 0.364. The first-order valence-corrected chi connectivity index (χ1v) is 4.89. The van der Waals surface area contributed by atoms with Gasteiger partial charge in [-0.2, -0.15) is 0 Å². The number of carbonyl (C=O) groups is 2. The van der Waals surface area contributed by atoms with Crippen molar-refractivity contribution in [1.82, 2.24) is 4.98 Å². The van der Waals surface area contributed by atoms with Gasteiger partial charge in [0.2, 0.25) is 0 Å². The molecule has 0 bridgehead atoms. The number of pyridine rings is 1. The standard InChI is InChI=1S/C6H10O4.C5H5N.H2O/c1-2-10-6(9)4-3-5(7)8;1-2-4-6-5-3-1;/h2-4H2,1H3,(H,7,8);1-5H;1H2. The molecule has 6 nitrogen and oxygen atoms in total. The summed E-state index contributed by atoms with van der Waals surface area (Å²) in [6, 6.07) is 5.72. The predicted octanol–water partition coefficient (Wildman–Crippen LogP) is 0.671. The van der Waals surface area contributed by atoms with E-state index in [1.54, 1.807) is 19.3 Å². The molecule has 0 radical (unpaired) electrons. The maximum atomic E-state index is 10.5. The minimum absolute atomic E-state index is 0. The van der Waals surface area contributed by atoms with Crippen LogP contribution in [0.5, 0.6) is 0 Å². The second kappa shape index (κ2) is 12.1. The van der Waals surface area contributed by atoms with Crippen LogP contribution in [0.15, 0.2) is 30.6 Å². The summed E-state index contributed by atoms with van der Waals surface area (Å²) in [5.74, 6) is -1.43. The van der Waals surface area contributed by atoms with Gasteiger partial charge in [0.05, 0.1) is 19.4 Å². The van der Waals surface area contributed by atoms with Crippen LogP contribution in [0.2, 0.25) is 0 Å². The average Bonchev–Trinajstić information content (AvgIpc) is 2.30. The Morgan fingerprint density at radius 1 is 1.18 bits per heavy atom. The van der Waals surface area contributed by atoms with Crippen molar-refractivity contribution in [3.63, 3.8) is 0 Å². The molecule has 0 aliphatic heterocycles. The van der Waals surface area contributed by atoms with Crippen molar-refractivity contribution in [2.24, 2.45) is 0 Å². The van der Waals surface area contributed by atoms with E-state index in [-0.39, 0.29) is 18.3 Å². The van der Waals surface area contributed by atoms with Crippen LogP contribution in [-0.4, -0.2) is 34.1 Å². The molecule has 3 N–H and O–H groups in total. The largest absolute Gasteiger partial charge is 0.481 e. The lowest BCUT2D eigenvalue weighted by Crippen LogP contribution is -2.06. The number of esters is 1. The van der Waals surface area contributed by atoms with Crippen LogP contribution in [0.25, 0.3) is 0 Å². The molecule has 17 heavy (non-hydrogen) atoms. The molecular formula is C11H17NO5. The highest BCUT2D eigenvalue weighted by Crippen LogP contribution is 1.91. The maximum absolute atomic E-state index is 10.5. The first kappa shape index (κ1) is 17.4. The Morgan fingerprint density at radius 2 is 1.76 bits per heavy atom. The summed E-state index contributed by atoms with van der Waals surface area (Å²) in [4.78, 5) is 24.1. The number of aromatic nitrogens is 1. The summed E-state index contributed by atoms with van der Waals surface area (Å²) < 4.78 is 4.49. The van der Waals surface area contributed by atoms with Gasteiger partial charge in [-0.25, -0.2) is 0 Å². The number of hydrogen-bond donors (Lipinski definition) is 1. The van der Waals surface area contributed by atoms with Gasteiger partial charge in [-0.15, -0.1) is 0 Å². The molecule has 6 heteroatoms. The van der Waals surface area contributed by atoms with Crippen LogP contribution >= 0.6 is 0 Å². The zero-order valence-corrected chi connectivity index (χ0v) is 9.63. The van der Waals surface area contributed by atoms with Crippen molar-refractivity contribution in [2.75, 3.05) is 6.61 Å². The average molecular weight is 243 g/mol. The summed E-state index contributed by atoms with van der Waals surface area (Å²) in [6.45, 7) is 1.98. The van der Waals surface area contributed by atoms with Crippen molar-refractivity contribution < 1.29 is 24.9 Å². The summed E-state index contributed by atoms with van der Waals surface area (Å²) >= 11 is 0. The van der Waals surface area contributed by atoms with E-state index in [4.69, 9.17) is 5.11 Å². The number of hydrogen-bond acceptors (Lipinski definition) is 4. The van der Waals surface area contributed by atoms with Gasteiger partial charge < -0.3 is 15.3 Å². The zero-order chi connectivity index (χ0) is 12.2. The number of aliphatic carboxylic acids is 1. The molecule has 96 valence electrons. The third-order valence-electron chi connectivity index (χ3n) is 1.41. The van der Waals surface area contributed by atoms with Crippen molar-refractivity contribution in [3.05, 3.63) is 30.6 Å². The lowest BCUT2D eigenvalue weighted by atomic mass is 10.3. The highest BCUT2D eigenvalue weighted by atomic mass is 16.5. The second-order valence-electron chi connectivity index (χ2n) is 2.72. The van der Waals surface area contributed by atoms with Crippen molar-refractivity contribution in [1.29, 1.82) is 0 Å². The Hall–Kier alpha value is -1.95. The van der Waals surface area contributed by atoms with Crippen molar-refractivity contribution >= 4 is 11.9 Å². The molecule has 0 unspecified atom stereocenters. The van der Waals surface area contributed by atoms with E-state index in [1.165, 1.54) is 0 Å². The van der Waals surface area contributed by atoms with Crippen LogP contribution < -0.4 is 0 Å². The van der Waals surface area contributed by atoms with E-state index in [2.05, 4.69) is 9.72 Å². The number of nitrogens with zero attached hydrogens (tertiary/aromatic N) is 1. The predicted molar refractivity (Wildman–Crippen MR) is 61.4 cm³/mol. The topological polar surface area (TPSA) is 108 Å². The highest BCUT2D eigenvalue weighted by Gasteiger charge is 2.04. The Kier molecular flexibility index (Phi) is 12.4. The van der Waals surface area contributed by atoms with E-state index in [0.717, 1.165) is 0 Å². The van der Waals surface area contributed by atoms with Crippen LogP contribution in [0.3, 0.4) is 0 Å². The Labute approximate surface area is 99.6 Å². The number of rotatable bonds is 4. The van der Waals surface area contributed by atoms with Crippen LogP contribution in [0, 0.1) is 0 Å². The molecule has 0 aliphatic carbocycles. The molecule has 1 heterocycles. The smallest absolute Gasteiger partial charge is 0.306 e. The molecule has 1 aromatic rings. The SMILES string of the molecule is CCOC(=O)CCC(=O)O.O.c1ccncc1. The second-order valence-corrected chi connectivity index (χ2v) is 2.72. The number of carboxylic acid groups (broad SMARTS) is 1. The van der Waals surface area contributed by atoms with Gasteiger partial charge in [0.15, 0.2) is 0 Å². The van der Waals surface area contributed by atoms with E-state index < -0.39 is 11.9 Å². The van der Waals surface area contributed by atoms with Crippen LogP contribution in [-0.2, 0) is 14.3 Å². The third kappa shape index (κ3) is 14.1. The fourth-order valence-corrected chi connectivity index (χ4v) is 0.755. The van der Waals surface area contributed by atoms with Gasteiger partial charge in [0.25, 0.3) is 0 Å². The first-order valence-electron chi connectivity index (χ1n) is 4.89. The molecule has 1 rings (SSSR count). The molecular weight excluding hydrogens is 226 g/mol. The number of ether oxygens (including phenoxy) is 1. The van der Waals surface area contributed by atoms with Crippen LogP contribution in [0.4, 0.5) is 0 Å². The van der Waals surface area contributed by atoms with Gasteiger partial charge >= 0.3 is 11.9 Å². The monoisotopic (exact) mass is 243 g/mol. The Bertz CT molecular complexity index is 275. The lowest BCUT2D eigenvalue weighted by molar-refractivity contribution is -0.147. The molecule has 0 aromatic carbocycles. The summed E-state index contributed by atoms with van der Waals surface area (Å²) in [5, 5.41) is 8.12. The quantitative estimate of drug-likeness (QED) is 0.782. The summed E-state index contributed by atoms with van der Waals surface area (Å²) in [5.41, 5.74) is 0. The van der Waals surface area contributed by atoms with Gasteiger partial charge in [0.1, 0.15) is 0 Å². The molecule has 0 saturated carbocycles. The minimum atomic E-state index is -0.979. The Balaban J connectivity index is 0. The molecule has 0 aliphatic rings. The zero-order valence-electron chi connectivity index (χ0n) is 9.63. The minimum Gasteiger partial charge on any atom is -0.481 e. The summed E-state index contributed by atoms with van der Waals surface area (Å²) in [6.07, 6.45) is 3.31. The molecule has 0 amide bonds. The molecule has 0 fully saturated rings. The van der Waals surface area contributed by atoms with Gasteiger partial charge in [-0.1, -0.05) is 6.07 Å². The van der Waals surface area contributed by atoms with E-state index in [1.807, 2.05) is 18.2 Å². The fourth-order valence-electron chi connectivity index (χ4n) is 0.755. The van der Waals surface area contributed by atoms with Crippen molar-refractivity contribution in [2.45, 2.75) is 19.8 Å². The van der Waals surface area contributed by atoms with E-state index in [0.29, 0.717) is 6.61 Å². The normalized spacial score (nSPS) is 8.06. The van der Waals surface area contributed by atoms with E-state index >= 15 is 0 Å². The maximum Gasteiger partial charge on any atom is 0.306 e. The molecule has 0 atom stereocenters. The number of carbonyl (C=O) groups excluding carboxylic acids is 1.